The number of carbonyl (C=O) groups excluding carboxylic acids is 1. The van der Waals surface area contributed by atoms with Gasteiger partial charge >= 0.3 is 0 Å². The van der Waals surface area contributed by atoms with E-state index in [-0.39, 0.29) is 30.5 Å². The number of ether oxygens (including phenoxy) is 1. The molecule has 3 rings (SSSR count). The fourth-order valence-electron chi connectivity index (χ4n) is 3.26. The number of fused-ring (bicyclic) bond motifs is 1. The lowest BCUT2D eigenvalue weighted by Crippen LogP contribution is -2.31. The van der Waals surface area contributed by atoms with Gasteiger partial charge in [-0.3, -0.25) is 9.59 Å². The van der Waals surface area contributed by atoms with Crippen molar-refractivity contribution in [1.82, 2.24) is 15.5 Å². The molecule has 1 amide bonds. The molecule has 134 valence electrons. The van der Waals surface area contributed by atoms with Crippen LogP contribution in [0.2, 0.25) is 0 Å². The number of hydrogen-bond donors (Lipinski definition) is 2. The minimum atomic E-state index is -0.233. The third kappa shape index (κ3) is 3.82. The molecule has 0 bridgehead atoms. The van der Waals surface area contributed by atoms with Crippen LogP contribution in [0.15, 0.2) is 16.2 Å². The lowest BCUT2D eigenvalue weighted by Gasteiger charge is -2.22. The summed E-state index contributed by atoms with van der Waals surface area (Å²) in [6.07, 6.45) is 2.46. The molecule has 7 heteroatoms. The highest BCUT2D eigenvalue weighted by Crippen LogP contribution is 2.33. The van der Waals surface area contributed by atoms with Crippen molar-refractivity contribution in [1.29, 1.82) is 0 Å². The van der Waals surface area contributed by atoms with Crippen LogP contribution in [-0.2, 0) is 35.3 Å². The minimum Gasteiger partial charge on any atom is -0.372 e. The van der Waals surface area contributed by atoms with Crippen molar-refractivity contribution >= 4 is 17.2 Å². The number of aryl methyl sites for hydroxylation is 1. The number of aromatic nitrogens is 2. The zero-order valence-electron chi connectivity index (χ0n) is 14.6. The Balaban J connectivity index is 1.67. The van der Waals surface area contributed by atoms with Gasteiger partial charge < -0.3 is 10.1 Å². The van der Waals surface area contributed by atoms with Crippen LogP contribution >= 0.6 is 11.3 Å². The highest BCUT2D eigenvalue weighted by Gasteiger charge is 2.24. The maximum atomic E-state index is 12.4. The lowest BCUT2D eigenvalue weighted by atomic mass is 10.0. The van der Waals surface area contributed by atoms with Gasteiger partial charge in [0.1, 0.15) is 6.10 Å². The summed E-state index contributed by atoms with van der Waals surface area (Å²) < 4.78 is 5.76. The van der Waals surface area contributed by atoms with E-state index in [1.807, 2.05) is 19.2 Å². The van der Waals surface area contributed by atoms with Crippen LogP contribution < -0.4 is 10.9 Å². The fourth-order valence-corrected chi connectivity index (χ4v) is 4.27. The number of rotatable bonds is 6. The zero-order chi connectivity index (χ0) is 17.8. The zero-order valence-corrected chi connectivity index (χ0v) is 15.4. The maximum Gasteiger partial charge on any atom is 0.269 e. The van der Waals surface area contributed by atoms with Gasteiger partial charge in [0.15, 0.2) is 0 Å². The summed E-state index contributed by atoms with van der Waals surface area (Å²) in [5.74, 6) is -0.109. The number of nitrogens with one attached hydrogen (secondary N) is 2. The van der Waals surface area contributed by atoms with E-state index in [2.05, 4.69) is 21.6 Å². The smallest absolute Gasteiger partial charge is 0.269 e. The van der Waals surface area contributed by atoms with Gasteiger partial charge in [-0.2, -0.15) is 5.10 Å². The van der Waals surface area contributed by atoms with E-state index in [1.54, 1.807) is 11.3 Å². The molecule has 1 aliphatic rings. The Morgan fingerprint density at radius 1 is 1.40 bits per heavy atom. The van der Waals surface area contributed by atoms with Crippen molar-refractivity contribution in [2.45, 2.75) is 52.2 Å². The van der Waals surface area contributed by atoms with Crippen LogP contribution in [0.4, 0.5) is 0 Å². The Hall–Kier alpha value is -1.99. The molecular weight excluding hydrogens is 338 g/mol. The Bertz CT molecular complexity index is 812. The average Bonchev–Trinajstić information content (AvgIpc) is 3.10. The molecule has 0 spiro atoms. The second kappa shape index (κ2) is 7.93. The summed E-state index contributed by atoms with van der Waals surface area (Å²) in [5.41, 5.74) is 3.46. The molecule has 3 heterocycles. The number of carbonyl (C=O) groups is 1. The molecule has 0 aliphatic carbocycles. The number of aromatic amines is 1. The number of thiophene rings is 1. The average molecular weight is 361 g/mol. The van der Waals surface area contributed by atoms with Crippen molar-refractivity contribution in [2.75, 3.05) is 6.61 Å². The van der Waals surface area contributed by atoms with E-state index in [4.69, 9.17) is 4.74 Å². The second-order valence-electron chi connectivity index (χ2n) is 6.06. The summed E-state index contributed by atoms with van der Waals surface area (Å²) in [5, 5.41) is 11.5. The van der Waals surface area contributed by atoms with Crippen molar-refractivity contribution in [2.24, 2.45) is 0 Å². The molecule has 0 saturated carbocycles. The standard InChI is InChI=1S/C18H23N3O3S/c1-3-12-13(18(23)21-20-14(12)4-2)10-19-16(22)9-15-17-11(5-7-24-15)6-8-25-17/h6,8,15H,3-5,7,9-10H2,1-2H3,(H,19,22)(H,21,23)/t15-/m1/s1. The van der Waals surface area contributed by atoms with Crippen molar-refractivity contribution < 1.29 is 9.53 Å². The molecule has 2 aromatic heterocycles. The minimum absolute atomic E-state index is 0.109. The number of hydrogen-bond acceptors (Lipinski definition) is 5. The van der Waals surface area contributed by atoms with Gasteiger partial charge in [0.2, 0.25) is 5.91 Å². The monoisotopic (exact) mass is 361 g/mol. The molecule has 0 unspecified atom stereocenters. The van der Waals surface area contributed by atoms with E-state index in [9.17, 15) is 9.59 Å². The predicted molar refractivity (Wildman–Crippen MR) is 96.8 cm³/mol. The van der Waals surface area contributed by atoms with Gasteiger partial charge in [-0.1, -0.05) is 13.8 Å². The van der Waals surface area contributed by atoms with E-state index in [0.29, 0.717) is 12.2 Å². The Morgan fingerprint density at radius 2 is 2.24 bits per heavy atom. The van der Waals surface area contributed by atoms with Crippen molar-refractivity contribution in [3.05, 3.63) is 49.1 Å². The maximum absolute atomic E-state index is 12.4. The molecule has 0 saturated heterocycles. The predicted octanol–water partition coefficient (Wildman–Crippen LogP) is 2.28. The Kier molecular flexibility index (Phi) is 5.65. The first-order chi connectivity index (χ1) is 12.1. The van der Waals surface area contributed by atoms with Crippen molar-refractivity contribution in [3.8, 4) is 0 Å². The molecule has 2 N–H and O–H groups in total. The first kappa shape index (κ1) is 17.8. The molecule has 25 heavy (non-hydrogen) atoms. The van der Waals surface area contributed by atoms with Gasteiger partial charge in [-0.05, 0) is 41.8 Å². The van der Waals surface area contributed by atoms with Crippen LogP contribution in [0.25, 0.3) is 0 Å². The van der Waals surface area contributed by atoms with Crippen molar-refractivity contribution in [3.63, 3.8) is 0 Å². The van der Waals surface area contributed by atoms with Crippen LogP contribution in [0.1, 0.15) is 53.6 Å². The molecule has 6 nitrogen and oxygen atoms in total. The summed E-state index contributed by atoms with van der Waals surface area (Å²) in [6, 6.07) is 2.10. The van der Waals surface area contributed by atoms with Gasteiger partial charge in [0.25, 0.3) is 5.56 Å². The van der Waals surface area contributed by atoms with E-state index in [1.165, 1.54) is 5.56 Å². The summed E-state index contributed by atoms with van der Waals surface area (Å²) in [7, 11) is 0. The molecule has 1 atom stereocenters. The van der Waals surface area contributed by atoms with Crippen LogP contribution in [-0.4, -0.2) is 22.7 Å². The highest BCUT2D eigenvalue weighted by atomic mass is 32.1. The Labute approximate surface area is 150 Å². The van der Waals surface area contributed by atoms with Crippen LogP contribution in [0, 0.1) is 0 Å². The fraction of sp³-hybridized carbons (Fsp3) is 0.500. The number of nitrogens with zero attached hydrogens (tertiary/aromatic N) is 1. The van der Waals surface area contributed by atoms with E-state index >= 15 is 0 Å². The largest absolute Gasteiger partial charge is 0.372 e. The first-order valence-electron chi connectivity index (χ1n) is 8.67. The third-order valence-electron chi connectivity index (χ3n) is 4.56. The van der Waals surface area contributed by atoms with Gasteiger partial charge in [-0.25, -0.2) is 5.10 Å². The third-order valence-corrected chi connectivity index (χ3v) is 5.62. The molecule has 1 aliphatic heterocycles. The molecular formula is C18H23N3O3S. The van der Waals surface area contributed by atoms with E-state index < -0.39 is 0 Å². The van der Waals surface area contributed by atoms with Gasteiger partial charge in [0.05, 0.1) is 18.7 Å². The summed E-state index contributed by atoms with van der Waals surface area (Å²) in [4.78, 5) is 25.6. The highest BCUT2D eigenvalue weighted by molar-refractivity contribution is 7.10. The normalized spacial score (nSPS) is 16.5. The molecule has 2 aromatic rings. The lowest BCUT2D eigenvalue weighted by molar-refractivity contribution is -0.124. The van der Waals surface area contributed by atoms with E-state index in [0.717, 1.165) is 35.4 Å². The second-order valence-corrected chi connectivity index (χ2v) is 7.01. The summed E-state index contributed by atoms with van der Waals surface area (Å²) in [6.45, 7) is 4.86. The molecule has 0 radical (unpaired) electrons. The molecule has 0 aromatic carbocycles. The van der Waals surface area contributed by atoms with Gasteiger partial charge in [0, 0.05) is 17.0 Å². The Morgan fingerprint density at radius 3 is 3.00 bits per heavy atom. The number of H-pyrrole nitrogens is 1. The van der Waals surface area contributed by atoms with Gasteiger partial charge in [-0.15, -0.1) is 11.3 Å². The summed E-state index contributed by atoms with van der Waals surface area (Å²) >= 11 is 1.64. The SMILES string of the molecule is CCc1n[nH]c(=O)c(CNC(=O)C[C@H]2OCCc3ccsc32)c1CC. The van der Waals surface area contributed by atoms with Crippen LogP contribution in [0.3, 0.4) is 0 Å². The quantitative estimate of drug-likeness (QED) is 0.827. The topological polar surface area (TPSA) is 84.1 Å². The molecule has 0 fully saturated rings. The number of amides is 1. The first-order valence-corrected chi connectivity index (χ1v) is 9.55. The van der Waals surface area contributed by atoms with Crippen LogP contribution in [0.5, 0.6) is 0 Å².